The maximum absolute atomic E-state index is 4.09. The van der Waals surface area contributed by atoms with Crippen LogP contribution in [0.3, 0.4) is 0 Å². The van der Waals surface area contributed by atoms with Gasteiger partial charge in [-0.15, -0.1) is 0 Å². The first kappa shape index (κ1) is 6.09. The van der Waals surface area contributed by atoms with Crippen LogP contribution >= 0.6 is 22.6 Å². The van der Waals surface area contributed by atoms with E-state index < -0.39 is 0 Å². The summed E-state index contributed by atoms with van der Waals surface area (Å²) in [4.78, 5) is 11.1. The zero-order chi connectivity index (χ0) is 6.97. The molecule has 4 heteroatoms. The Labute approximate surface area is 71.0 Å². The third kappa shape index (κ3) is 0.880. The first-order valence-corrected chi connectivity index (χ1v) is 3.89. The predicted molar refractivity (Wildman–Crippen MR) is 46.6 cm³/mol. The molecule has 0 saturated heterocycles. The van der Waals surface area contributed by atoms with Gasteiger partial charge in [-0.2, -0.15) is 0 Å². The zero-order valence-corrected chi connectivity index (χ0v) is 7.16. The summed E-state index contributed by atoms with van der Waals surface area (Å²) in [5.41, 5.74) is 1.77. The number of pyridine rings is 1. The molecule has 2 aromatic heterocycles. The van der Waals surface area contributed by atoms with Crippen LogP contribution in [-0.2, 0) is 0 Å². The Morgan fingerprint density at radius 3 is 3.20 bits per heavy atom. The highest BCUT2D eigenvalue weighted by atomic mass is 127. The van der Waals surface area contributed by atoms with Gasteiger partial charge in [0, 0.05) is 9.77 Å². The number of halogens is 1. The lowest BCUT2D eigenvalue weighted by Gasteiger charge is -1.86. The van der Waals surface area contributed by atoms with Gasteiger partial charge in [-0.1, -0.05) is 0 Å². The number of fused-ring (bicyclic) bond motifs is 1. The topological polar surface area (TPSA) is 41.6 Å². The lowest BCUT2D eigenvalue weighted by molar-refractivity contribution is 1.30. The fourth-order valence-corrected chi connectivity index (χ4v) is 1.25. The number of aromatic nitrogens is 3. The van der Waals surface area contributed by atoms with Crippen LogP contribution in [0.4, 0.5) is 0 Å². The van der Waals surface area contributed by atoms with Crippen molar-refractivity contribution in [3.63, 3.8) is 0 Å². The molecule has 0 amide bonds. The van der Waals surface area contributed by atoms with Crippen molar-refractivity contribution in [3.8, 4) is 0 Å². The molecule has 0 aliphatic heterocycles. The third-order valence-corrected chi connectivity index (χ3v) is 1.83. The van der Waals surface area contributed by atoms with E-state index in [4.69, 9.17) is 0 Å². The van der Waals surface area contributed by atoms with Crippen LogP contribution in [0.2, 0.25) is 0 Å². The fraction of sp³-hybridized carbons (Fsp3) is 0. The SMILES string of the molecule is Ic1cnc2nc[nH]c2c1. The summed E-state index contributed by atoms with van der Waals surface area (Å²) in [5.74, 6) is 0. The van der Waals surface area contributed by atoms with Crippen LogP contribution in [0.15, 0.2) is 18.6 Å². The lowest BCUT2D eigenvalue weighted by Crippen LogP contribution is -1.77. The summed E-state index contributed by atoms with van der Waals surface area (Å²) in [5, 5.41) is 0. The summed E-state index contributed by atoms with van der Waals surface area (Å²) in [6.07, 6.45) is 3.44. The summed E-state index contributed by atoms with van der Waals surface area (Å²) in [6.45, 7) is 0. The molecule has 0 spiro atoms. The smallest absolute Gasteiger partial charge is 0.177 e. The van der Waals surface area contributed by atoms with Crippen molar-refractivity contribution in [2.75, 3.05) is 0 Å². The normalized spacial score (nSPS) is 10.5. The number of nitrogens with zero attached hydrogens (tertiary/aromatic N) is 2. The number of imidazole rings is 1. The van der Waals surface area contributed by atoms with Crippen LogP contribution in [-0.4, -0.2) is 15.0 Å². The van der Waals surface area contributed by atoms with Crippen LogP contribution in [0.5, 0.6) is 0 Å². The van der Waals surface area contributed by atoms with Crippen molar-refractivity contribution in [2.24, 2.45) is 0 Å². The van der Waals surface area contributed by atoms with E-state index in [0.717, 1.165) is 14.7 Å². The maximum Gasteiger partial charge on any atom is 0.177 e. The van der Waals surface area contributed by atoms with Gasteiger partial charge in [0.1, 0.15) is 0 Å². The van der Waals surface area contributed by atoms with Gasteiger partial charge < -0.3 is 4.98 Å². The van der Waals surface area contributed by atoms with Crippen molar-refractivity contribution < 1.29 is 0 Å². The number of aromatic amines is 1. The molecule has 2 aromatic rings. The first-order valence-electron chi connectivity index (χ1n) is 2.81. The molecule has 0 radical (unpaired) electrons. The van der Waals surface area contributed by atoms with Gasteiger partial charge in [0.15, 0.2) is 5.65 Å². The van der Waals surface area contributed by atoms with Crippen molar-refractivity contribution in [1.82, 2.24) is 15.0 Å². The van der Waals surface area contributed by atoms with E-state index in [2.05, 4.69) is 37.5 Å². The Morgan fingerprint density at radius 2 is 2.30 bits per heavy atom. The highest BCUT2D eigenvalue weighted by molar-refractivity contribution is 14.1. The van der Waals surface area contributed by atoms with Crippen molar-refractivity contribution in [3.05, 3.63) is 22.2 Å². The quantitative estimate of drug-likeness (QED) is 0.715. The van der Waals surface area contributed by atoms with E-state index in [0.29, 0.717) is 0 Å². The van der Waals surface area contributed by atoms with Gasteiger partial charge in [-0.25, -0.2) is 9.97 Å². The Hall–Kier alpha value is -0.650. The van der Waals surface area contributed by atoms with Crippen LogP contribution in [0, 0.1) is 3.57 Å². The standard InChI is InChI=1S/C6H4IN3/c7-4-1-5-6(8-2-4)10-3-9-5/h1-3H,(H,8,9,10). The molecule has 0 saturated carbocycles. The Morgan fingerprint density at radius 1 is 1.40 bits per heavy atom. The van der Waals surface area contributed by atoms with Gasteiger partial charge in [0.25, 0.3) is 0 Å². The zero-order valence-electron chi connectivity index (χ0n) is 5.00. The predicted octanol–water partition coefficient (Wildman–Crippen LogP) is 1.56. The highest BCUT2D eigenvalue weighted by Gasteiger charge is 1.95. The molecule has 2 rings (SSSR count). The summed E-state index contributed by atoms with van der Waals surface area (Å²) >= 11 is 2.22. The van der Waals surface area contributed by atoms with Crippen molar-refractivity contribution >= 4 is 33.8 Å². The molecule has 0 aliphatic carbocycles. The monoisotopic (exact) mass is 245 g/mol. The van der Waals surface area contributed by atoms with E-state index >= 15 is 0 Å². The second-order valence-corrected chi connectivity index (χ2v) is 3.17. The van der Waals surface area contributed by atoms with E-state index in [1.54, 1.807) is 12.5 Å². The van der Waals surface area contributed by atoms with Crippen molar-refractivity contribution in [2.45, 2.75) is 0 Å². The van der Waals surface area contributed by atoms with Gasteiger partial charge >= 0.3 is 0 Å². The molecule has 10 heavy (non-hydrogen) atoms. The molecular formula is C6H4IN3. The molecule has 1 N–H and O–H groups in total. The summed E-state index contributed by atoms with van der Waals surface area (Å²) < 4.78 is 1.12. The number of nitrogens with one attached hydrogen (secondary N) is 1. The highest BCUT2D eigenvalue weighted by Crippen LogP contribution is 2.09. The van der Waals surface area contributed by atoms with E-state index in [1.165, 1.54) is 0 Å². The molecule has 0 unspecified atom stereocenters. The summed E-state index contributed by atoms with van der Waals surface area (Å²) in [6, 6.07) is 2.01. The van der Waals surface area contributed by atoms with Crippen LogP contribution in [0.1, 0.15) is 0 Å². The largest absolute Gasteiger partial charge is 0.343 e. The molecule has 0 fully saturated rings. The van der Waals surface area contributed by atoms with Gasteiger partial charge in [0.05, 0.1) is 11.8 Å². The lowest BCUT2D eigenvalue weighted by atomic mass is 10.4. The van der Waals surface area contributed by atoms with Crippen LogP contribution in [0.25, 0.3) is 11.2 Å². The Balaban J connectivity index is 2.86. The Bertz CT molecular complexity index is 355. The van der Waals surface area contributed by atoms with Gasteiger partial charge in [-0.3, -0.25) is 0 Å². The first-order chi connectivity index (χ1) is 4.86. The minimum absolute atomic E-state index is 0.778. The number of hydrogen-bond donors (Lipinski definition) is 1. The number of hydrogen-bond acceptors (Lipinski definition) is 2. The molecule has 50 valence electrons. The van der Waals surface area contributed by atoms with Crippen molar-refractivity contribution in [1.29, 1.82) is 0 Å². The molecule has 3 nitrogen and oxygen atoms in total. The maximum atomic E-state index is 4.09. The number of H-pyrrole nitrogens is 1. The molecule has 2 heterocycles. The number of rotatable bonds is 0. The average Bonchev–Trinajstić information content (AvgIpc) is 2.33. The molecule has 0 aromatic carbocycles. The van der Waals surface area contributed by atoms with Gasteiger partial charge in [0.2, 0.25) is 0 Å². The third-order valence-electron chi connectivity index (χ3n) is 1.24. The van der Waals surface area contributed by atoms with Gasteiger partial charge in [-0.05, 0) is 28.7 Å². The van der Waals surface area contributed by atoms with E-state index in [9.17, 15) is 0 Å². The fourth-order valence-electron chi connectivity index (χ4n) is 0.804. The molecule has 0 atom stereocenters. The minimum atomic E-state index is 0.778. The second kappa shape index (κ2) is 2.19. The Kier molecular flexibility index (Phi) is 1.33. The van der Waals surface area contributed by atoms with Crippen LogP contribution < -0.4 is 0 Å². The molecular weight excluding hydrogens is 241 g/mol. The minimum Gasteiger partial charge on any atom is -0.343 e. The average molecular weight is 245 g/mol. The van der Waals surface area contributed by atoms with E-state index in [1.807, 2.05) is 6.07 Å². The molecule has 0 aliphatic rings. The van der Waals surface area contributed by atoms with E-state index in [-0.39, 0.29) is 0 Å². The summed E-state index contributed by atoms with van der Waals surface area (Å²) in [7, 11) is 0. The second-order valence-electron chi connectivity index (χ2n) is 1.93. The molecule has 0 bridgehead atoms.